The van der Waals surface area contributed by atoms with Crippen LogP contribution in [-0.4, -0.2) is 27.5 Å². The van der Waals surface area contributed by atoms with E-state index in [4.69, 9.17) is 23.2 Å². The second-order valence-corrected chi connectivity index (χ2v) is 7.66. The first-order valence-electron chi connectivity index (χ1n) is 6.69. The van der Waals surface area contributed by atoms with Gasteiger partial charge in [0.25, 0.3) is 0 Å². The maximum Gasteiger partial charge on any atom is 0.242 e. The Morgan fingerprint density at radius 1 is 1.41 bits per heavy atom. The monoisotopic (exact) mass is 390 g/mol. The van der Waals surface area contributed by atoms with Crippen molar-refractivity contribution in [1.29, 1.82) is 0 Å². The highest BCUT2D eigenvalue weighted by atomic mass is 35.5. The van der Waals surface area contributed by atoms with E-state index in [0.29, 0.717) is 0 Å². The molecule has 2 atom stereocenters. The van der Waals surface area contributed by atoms with Crippen molar-refractivity contribution in [3.63, 3.8) is 0 Å². The summed E-state index contributed by atoms with van der Waals surface area (Å²) >= 11 is 11.3. The molecule has 1 saturated heterocycles. The molecule has 1 fully saturated rings. The third-order valence-corrected chi connectivity index (χ3v) is 6.05. The standard InChI is InChI=1S/C13H17Cl2FN2O2S.ClH/c1-8(9-3-2-6-17-7-9)18-21(19,20)11-5-4-10(14)13(16)12(11)15;/h4-5,8-9,17-18H,2-3,6-7H2,1H3;1H. The Morgan fingerprint density at radius 3 is 2.68 bits per heavy atom. The van der Waals surface area contributed by atoms with Gasteiger partial charge in [0.15, 0.2) is 5.82 Å². The minimum Gasteiger partial charge on any atom is -0.316 e. The molecule has 0 saturated carbocycles. The van der Waals surface area contributed by atoms with Crippen LogP contribution in [0.3, 0.4) is 0 Å². The molecule has 1 heterocycles. The summed E-state index contributed by atoms with van der Waals surface area (Å²) in [5.41, 5.74) is 0. The van der Waals surface area contributed by atoms with Crippen molar-refractivity contribution in [2.75, 3.05) is 13.1 Å². The van der Waals surface area contributed by atoms with Crippen LogP contribution in [0.1, 0.15) is 19.8 Å². The molecule has 0 radical (unpaired) electrons. The van der Waals surface area contributed by atoms with Crippen molar-refractivity contribution in [3.8, 4) is 0 Å². The van der Waals surface area contributed by atoms with Gasteiger partial charge in [-0.15, -0.1) is 12.4 Å². The lowest BCUT2D eigenvalue weighted by atomic mass is 9.94. The molecule has 2 rings (SSSR count). The Morgan fingerprint density at radius 2 is 2.09 bits per heavy atom. The third-order valence-electron chi connectivity index (χ3n) is 3.67. The summed E-state index contributed by atoms with van der Waals surface area (Å²) in [7, 11) is -3.89. The molecule has 0 amide bonds. The fraction of sp³-hybridized carbons (Fsp3) is 0.538. The molecule has 1 aliphatic heterocycles. The molecule has 126 valence electrons. The van der Waals surface area contributed by atoms with E-state index in [2.05, 4.69) is 10.0 Å². The van der Waals surface area contributed by atoms with E-state index in [0.717, 1.165) is 25.9 Å². The summed E-state index contributed by atoms with van der Waals surface area (Å²) < 4.78 is 40.9. The van der Waals surface area contributed by atoms with Crippen molar-refractivity contribution >= 4 is 45.6 Å². The first-order chi connectivity index (χ1) is 9.83. The smallest absolute Gasteiger partial charge is 0.242 e. The number of nitrogens with one attached hydrogen (secondary N) is 2. The predicted octanol–water partition coefficient (Wildman–Crippen LogP) is 3.22. The lowest BCUT2D eigenvalue weighted by Gasteiger charge is -2.28. The number of halogens is 4. The quantitative estimate of drug-likeness (QED) is 0.775. The molecule has 1 aliphatic rings. The zero-order chi connectivity index (χ0) is 15.6. The van der Waals surface area contributed by atoms with Crippen LogP contribution in [0, 0.1) is 11.7 Å². The third kappa shape index (κ3) is 4.46. The molecule has 4 nitrogen and oxygen atoms in total. The second-order valence-electron chi connectivity index (χ2n) is 5.19. The van der Waals surface area contributed by atoms with Crippen LogP contribution in [0.2, 0.25) is 10.0 Å². The zero-order valence-corrected chi connectivity index (χ0v) is 15.0. The molecular formula is C13H18Cl3FN2O2S. The normalized spacial score (nSPS) is 20.3. The molecule has 1 aromatic carbocycles. The highest BCUT2D eigenvalue weighted by Crippen LogP contribution is 2.29. The van der Waals surface area contributed by atoms with Crippen molar-refractivity contribution < 1.29 is 12.8 Å². The summed E-state index contributed by atoms with van der Waals surface area (Å²) in [6, 6.07) is 2.13. The van der Waals surface area contributed by atoms with Crippen LogP contribution in [0.5, 0.6) is 0 Å². The van der Waals surface area contributed by atoms with Crippen LogP contribution in [0.15, 0.2) is 17.0 Å². The summed E-state index contributed by atoms with van der Waals surface area (Å²) in [6.45, 7) is 3.51. The lowest BCUT2D eigenvalue weighted by molar-refractivity contribution is 0.320. The minimum atomic E-state index is -3.89. The fourth-order valence-electron chi connectivity index (χ4n) is 2.43. The Hall–Kier alpha value is -0.110. The fourth-order valence-corrected chi connectivity index (χ4v) is 4.48. The van der Waals surface area contributed by atoms with E-state index >= 15 is 0 Å². The summed E-state index contributed by atoms with van der Waals surface area (Å²) in [5, 5.41) is 2.54. The van der Waals surface area contributed by atoms with E-state index in [1.54, 1.807) is 6.92 Å². The second kappa shape index (κ2) is 8.13. The largest absolute Gasteiger partial charge is 0.316 e. The summed E-state index contributed by atoms with van der Waals surface area (Å²) in [6.07, 6.45) is 1.95. The van der Waals surface area contributed by atoms with Crippen LogP contribution >= 0.6 is 35.6 Å². The number of rotatable bonds is 4. The van der Waals surface area contributed by atoms with E-state index in [-0.39, 0.29) is 34.3 Å². The Balaban J connectivity index is 0.00000242. The molecule has 0 spiro atoms. The molecule has 0 bridgehead atoms. The van der Waals surface area contributed by atoms with Gasteiger partial charge >= 0.3 is 0 Å². The predicted molar refractivity (Wildman–Crippen MR) is 89.0 cm³/mol. The molecule has 9 heteroatoms. The molecule has 2 unspecified atom stereocenters. The van der Waals surface area contributed by atoms with Gasteiger partial charge in [-0.3, -0.25) is 0 Å². The molecule has 1 aromatic rings. The van der Waals surface area contributed by atoms with Crippen LogP contribution in [0.4, 0.5) is 4.39 Å². The van der Waals surface area contributed by atoms with Gasteiger partial charge in [0.05, 0.1) is 10.0 Å². The highest BCUT2D eigenvalue weighted by molar-refractivity contribution is 7.89. The van der Waals surface area contributed by atoms with Gasteiger partial charge in [0.2, 0.25) is 10.0 Å². The van der Waals surface area contributed by atoms with E-state index in [1.807, 2.05) is 0 Å². The Bertz CT molecular complexity index is 622. The number of benzene rings is 1. The van der Waals surface area contributed by atoms with Gasteiger partial charge in [-0.25, -0.2) is 17.5 Å². The molecular weight excluding hydrogens is 374 g/mol. The minimum absolute atomic E-state index is 0. The Labute approximate surface area is 146 Å². The van der Waals surface area contributed by atoms with Gasteiger partial charge in [-0.1, -0.05) is 23.2 Å². The Kier molecular flexibility index (Phi) is 7.36. The van der Waals surface area contributed by atoms with Gasteiger partial charge in [-0.2, -0.15) is 0 Å². The summed E-state index contributed by atoms with van der Waals surface area (Å²) in [5.74, 6) is -0.724. The highest BCUT2D eigenvalue weighted by Gasteiger charge is 2.27. The maximum atomic E-state index is 13.6. The van der Waals surface area contributed by atoms with Crippen molar-refractivity contribution in [3.05, 3.63) is 28.0 Å². The topological polar surface area (TPSA) is 58.2 Å². The average molecular weight is 392 g/mol. The number of hydrogen-bond acceptors (Lipinski definition) is 3. The zero-order valence-electron chi connectivity index (χ0n) is 11.9. The van der Waals surface area contributed by atoms with E-state index in [1.165, 1.54) is 12.1 Å². The van der Waals surface area contributed by atoms with Gasteiger partial charge in [-0.05, 0) is 50.9 Å². The van der Waals surface area contributed by atoms with Crippen LogP contribution in [-0.2, 0) is 10.0 Å². The first kappa shape index (κ1) is 19.9. The molecule has 0 aliphatic carbocycles. The van der Waals surface area contributed by atoms with Crippen molar-refractivity contribution in [2.45, 2.75) is 30.7 Å². The molecule has 2 N–H and O–H groups in total. The van der Waals surface area contributed by atoms with Crippen LogP contribution < -0.4 is 10.0 Å². The number of hydrogen-bond donors (Lipinski definition) is 2. The SMILES string of the molecule is CC(NS(=O)(=O)c1ccc(Cl)c(F)c1Cl)C1CCCNC1.Cl. The van der Waals surface area contributed by atoms with Crippen molar-refractivity contribution in [1.82, 2.24) is 10.0 Å². The first-order valence-corrected chi connectivity index (χ1v) is 8.93. The molecule has 0 aromatic heterocycles. The summed E-state index contributed by atoms with van der Waals surface area (Å²) in [4.78, 5) is -0.290. The molecule has 22 heavy (non-hydrogen) atoms. The lowest BCUT2D eigenvalue weighted by Crippen LogP contribution is -2.44. The van der Waals surface area contributed by atoms with Gasteiger partial charge < -0.3 is 5.32 Å². The van der Waals surface area contributed by atoms with E-state index in [9.17, 15) is 12.8 Å². The van der Waals surface area contributed by atoms with Gasteiger partial charge in [0, 0.05) is 6.04 Å². The van der Waals surface area contributed by atoms with Gasteiger partial charge in [0.1, 0.15) is 4.90 Å². The van der Waals surface area contributed by atoms with Crippen LogP contribution in [0.25, 0.3) is 0 Å². The van der Waals surface area contributed by atoms with E-state index < -0.39 is 20.9 Å². The maximum absolute atomic E-state index is 13.6. The van der Waals surface area contributed by atoms with Crippen molar-refractivity contribution in [2.24, 2.45) is 5.92 Å². The average Bonchev–Trinajstić information content (AvgIpc) is 2.45. The number of piperidine rings is 1. The number of sulfonamides is 1.